The molecule has 3 heteroatoms. The number of nitrogens with zero attached hydrogens (tertiary/aromatic N) is 2. The Hall–Kier alpha value is -1.12. The molecule has 3 nitrogen and oxygen atoms in total. The number of rotatable bonds is 6. The van der Waals surface area contributed by atoms with Crippen LogP contribution in [0.5, 0.6) is 0 Å². The third-order valence-corrected chi connectivity index (χ3v) is 2.40. The monoisotopic (exact) mass is 207 g/mol. The summed E-state index contributed by atoms with van der Waals surface area (Å²) in [5, 5.41) is 3.34. The van der Waals surface area contributed by atoms with Gasteiger partial charge in [-0.15, -0.1) is 0 Å². The maximum absolute atomic E-state index is 4.42. The van der Waals surface area contributed by atoms with Crippen molar-refractivity contribution in [1.82, 2.24) is 9.97 Å². The highest BCUT2D eigenvalue weighted by molar-refractivity contribution is 5.39. The van der Waals surface area contributed by atoms with Gasteiger partial charge in [0.2, 0.25) is 0 Å². The SMILES string of the molecule is CCCCCCNc1nc(C)cnc1C. The molecule has 0 spiro atoms. The Morgan fingerprint density at radius 3 is 2.73 bits per heavy atom. The Morgan fingerprint density at radius 1 is 1.20 bits per heavy atom. The second-order valence-electron chi connectivity index (χ2n) is 3.93. The Bertz CT molecular complexity index is 297. The highest BCUT2D eigenvalue weighted by Crippen LogP contribution is 2.09. The van der Waals surface area contributed by atoms with Crippen molar-refractivity contribution in [2.45, 2.75) is 46.5 Å². The minimum Gasteiger partial charge on any atom is -0.369 e. The summed E-state index contributed by atoms with van der Waals surface area (Å²) in [5.41, 5.74) is 1.95. The molecule has 0 saturated carbocycles. The fourth-order valence-electron chi connectivity index (χ4n) is 1.46. The molecular formula is C12H21N3. The zero-order chi connectivity index (χ0) is 11.1. The molecule has 1 aromatic rings. The molecule has 0 aliphatic rings. The maximum atomic E-state index is 4.42. The fraction of sp³-hybridized carbons (Fsp3) is 0.667. The van der Waals surface area contributed by atoms with Crippen LogP contribution in [-0.2, 0) is 0 Å². The van der Waals surface area contributed by atoms with E-state index in [1.807, 2.05) is 13.8 Å². The van der Waals surface area contributed by atoms with Crippen LogP contribution in [0.1, 0.15) is 44.0 Å². The van der Waals surface area contributed by atoms with E-state index < -0.39 is 0 Å². The molecule has 84 valence electrons. The van der Waals surface area contributed by atoms with Gasteiger partial charge in [-0.2, -0.15) is 0 Å². The van der Waals surface area contributed by atoms with Gasteiger partial charge in [0.25, 0.3) is 0 Å². The van der Waals surface area contributed by atoms with Gasteiger partial charge < -0.3 is 5.32 Å². The lowest BCUT2D eigenvalue weighted by atomic mass is 10.2. The Morgan fingerprint density at radius 2 is 2.00 bits per heavy atom. The number of hydrogen-bond donors (Lipinski definition) is 1. The molecule has 15 heavy (non-hydrogen) atoms. The fourth-order valence-corrected chi connectivity index (χ4v) is 1.46. The number of hydrogen-bond acceptors (Lipinski definition) is 3. The standard InChI is InChI=1S/C12H21N3/c1-4-5-6-7-8-13-12-11(3)14-9-10(2)15-12/h9H,4-8H2,1-3H3,(H,13,15). The molecule has 1 aromatic heterocycles. The summed E-state index contributed by atoms with van der Waals surface area (Å²) in [6.07, 6.45) is 6.91. The molecule has 0 aromatic carbocycles. The van der Waals surface area contributed by atoms with Crippen molar-refractivity contribution >= 4 is 5.82 Å². The van der Waals surface area contributed by atoms with E-state index >= 15 is 0 Å². The van der Waals surface area contributed by atoms with Crippen LogP contribution in [0.3, 0.4) is 0 Å². The number of nitrogens with one attached hydrogen (secondary N) is 1. The highest BCUT2D eigenvalue weighted by atomic mass is 15.0. The number of aromatic nitrogens is 2. The molecule has 0 radical (unpaired) electrons. The van der Waals surface area contributed by atoms with Crippen molar-refractivity contribution in [3.63, 3.8) is 0 Å². The van der Waals surface area contributed by atoms with Crippen LogP contribution < -0.4 is 5.32 Å². The van der Waals surface area contributed by atoms with Crippen LogP contribution in [-0.4, -0.2) is 16.5 Å². The van der Waals surface area contributed by atoms with Gasteiger partial charge in [-0.05, 0) is 20.3 Å². The molecule has 1 N–H and O–H groups in total. The minimum absolute atomic E-state index is 0.937. The van der Waals surface area contributed by atoms with E-state index in [-0.39, 0.29) is 0 Å². The van der Waals surface area contributed by atoms with Crippen molar-refractivity contribution in [3.8, 4) is 0 Å². The molecule has 0 aliphatic heterocycles. The maximum Gasteiger partial charge on any atom is 0.147 e. The number of anilines is 1. The molecule has 0 amide bonds. The molecule has 0 fully saturated rings. The summed E-state index contributed by atoms with van der Waals surface area (Å²) in [6.45, 7) is 7.18. The van der Waals surface area contributed by atoms with Gasteiger partial charge >= 0.3 is 0 Å². The van der Waals surface area contributed by atoms with Crippen LogP contribution in [0.25, 0.3) is 0 Å². The van der Waals surface area contributed by atoms with Gasteiger partial charge in [0.05, 0.1) is 11.4 Å². The Balaban J connectivity index is 2.33. The van der Waals surface area contributed by atoms with E-state index in [2.05, 4.69) is 22.2 Å². The first-order valence-corrected chi connectivity index (χ1v) is 5.78. The molecule has 0 aliphatic carbocycles. The molecule has 0 saturated heterocycles. The molecular weight excluding hydrogens is 186 g/mol. The first-order valence-electron chi connectivity index (χ1n) is 5.78. The van der Waals surface area contributed by atoms with Gasteiger partial charge in [-0.1, -0.05) is 26.2 Å². The lowest BCUT2D eigenvalue weighted by Gasteiger charge is -2.08. The Kier molecular flexibility index (Phi) is 5.08. The van der Waals surface area contributed by atoms with Crippen molar-refractivity contribution in [3.05, 3.63) is 17.6 Å². The third-order valence-electron chi connectivity index (χ3n) is 2.40. The van der Waals surface area contributed by atoms with Crippen LogP contribution in [0.2, 0.25) is 0 Å². The predicted molar refractivity (Wildman–Crippen MR) is 64.1 cm³/mol. The quantitative estimate of drug-likeness (QED) is 0.728. The van der Waals surface area contributed by atoms with E-state index in [1.165, 1.54) is 25.7 Å². The number of unbranched alkanes of at least 4 members (excludes halogenated alkanes) is 3. The van der Waals surface area contributed by atoms with E-state index in [9.17, 15) is 0 Å². The highest BCUT2D eigenvalue weighted by Gasteiger charge is 2.00. The van der Waals surface area contributed by atoms with Gasteiger partial charge in [0.15, 0.2) is 0 Å². The second-order valence-corrected chi connectivity index (χ2v) is 3.93. The smallest absolute Gasteiger partial charge is 0.147 e. The average Bonchev–Trinajstić information content (AvgIpc) is 2.23. The Labute approximate surface area is 92.3 Å². The minimum atomic E-state index is 0.937. The van der Waals surface area contributed by atoms with Gasteiger partial charge in [0.1, 0.15) is 5.82 Å². The summed E-state index contributed by atoms with van der Waals surface area (Å²) in [6, 6.07) is 0. The van der Waals surface area contributed by atoms with Crippen molar-refractivity contribution in [2.24, 2.45) is 0 Å². The van der Waals surface area contributed by atoms with E-state index in [1.54, 1.807) is 6.20 Å². The summed E-state index contributed by atoms with van der Waals surface area (Å²) in [4.78, 5) is 8.69. The summed E-state index contributed by atoms with van der Waals surface area (Å²) < 4.78 is 0. The first kappa shape index (κ1) is 12.0. The molecule has 1 heterocycles. The lowest BCUT2D eigenvalue weighted by molar-refractivity contribution is 0.684. The largest absolute Gasteiger partial charge is 0.369 e. The number of aryl methyl sites for hydroxylation is 2. The van der Waals surface area contributed by atoms with Crippen LogP contribution in [0, 0.1) is 13.8 Å². The zero-order valence-electron chi connectivity index (χ0n) is 10.0. The molecule has 0 atom stereocenters. The van der Waals surface area contributed by atoms with E-state index in [0.717, 1.165) is 23.8 Å². The van der Waals surface area contributed by atoms with Crippen LogP contribution in [0.4, 0.5) is 5.82 Å². The van der Waals surface area contributed by atoms with Crippen molar-refractivity contribution in [1.29, 1.82) is 0 Å². The van der Waals surface area contributed by atoms with Gasteiger partial charge in [0, 0.05) is 12.7 Å². The summed E-state index contributed by atoms with van der Waals surface area (Å²) >= 11 is 0. The topological polar surface area (TPSA) is 37.8 Å². The lowest BCUT2D eigenvalue weighted by Crippen LogP contribution is -2.06. The van der Waals surface area contributed by atoms with E-state index in [0.29, 0.717) is 0 Å². The molecule has 0 bridgehead atoms. The van der Waals surface area contributed by atoms with Crippen LogP contribution in [0.15, 0.2) is 6.20 Å². The van der Waals surface area contributed by atoms with Gasteiger partial charge in [-0.25, -0.2) is 4.98 Å². The van der Waals surface area contributed by atoms with Gasteiger partial charge in [-0.3, -0.25) is 4.98 Å². The summed E-state index contributed by atoms with van der Waals surface area (Å²) in [5.74, 6) is 0.937. The van der Waals surface area contributed by atoms with Crippen molar-refractivity contribution in [2.75, 3.05) is 11.9 Å². The normalized spacial score (nSPS) is 10.3. The second kappa shape index (κ2) is 6.38. The average molecular weight is 207 g/mol. The molecule has 0 unspecified atom stereocenters. The van der Waals surface area contributed by atoms with Crippen LogP contribution >= 0.6 is 0 Å². The van der Waals surface area contributed by atoms with E-state index in [4.69, 9.17) is 0 Å². The predicted octanol–water partition coefficient (Wildman–Crippen LogP) is 3.09. The summed E-state index contributed by atoms with van der Waals surface area (Å²) in [7, 11) is 0. The zero-order valence-corrected chi connectivity index (χ0v) is 10.0. The third kappa shape index (κ3) is 4.28. The van der Waals surface area contributed by atoms with Crippen molar-refractivity contribution < 1.29 is 0 Å². The first-order chi connectivity index (χ1) is 7.24. The molecule has 1 rings (SSSR count).